The molecule has 1 amide bonds. The van der Waals surface area contributed by atoms with Crippen LogP contribution in [0.25, 0.3) is 0 Å². The third-order valence-electron chi connectivity index (χ3n) is 2.16. The van der Waals surface area contributed by atoms with E-state index in [0.717, 1.165) is 12.8 Å². The smallest absolute Gasteiger partial charge is 0.227 e. The molecule has 0 aliphatic heterocycles. The van der Waals surface area contributed by atoms with Crippen LogP contribution in [-0.2, 0) is 4.79 Å². The molecule has 1 aliphatic rings. The second-order valence-corrected chi connectivity index (χ2v) is 3.86. The molecule has 1 aromatic rings. The van der Waals surface area contributed by atoms with Crippen LogP contribution >= 0.6 is 11.6 Å². The lowest BCUT2D eigenvalue weighted by molar-refractivity contribution is -0.117. The number of amides is 1. The number of hydrogen-bond acceptors (Lipinski definition) is 2. The molecule has 4 heteroatoms. The monoisotopic (exact) mass is 211 g/mol. The average molecular weight is 212 g/mol. The summed E-state index contributed by atoms with van der Waals surface area (Å²) < 4.78 is 0. The Morgan fingerprint density at radius 2 is 2.21 bits per heavy atom. The van der Waals surface area contributed by atoms with Crippen LogP contribution in [-0.4, -0.2) is 11.0 Å². The Hall–Kier alpha value is -1.22. The number of nitrogens with one attached hydrogen (secondary N) is 1. The number of rotatable bonds is 2. The van der Waals surface area contributed by atoms with Gasteiger partial charge in [0.15, 0.2) is 0 Å². The van der Waals surface area contributed by atoms with E-state index in [4.69, 9.17) is 11.6 Å². The van der Waals surface area contributed by atoms with Crippen molar-refractivity contribution >= 4 is 23.2 Å². The lowest BCUT2D eigenvalue weighted by Gasteiger charge is -2.06. The molecule has 1 saturated carbocycles. The summed E-state index contributed by atoms with van der Waals surface area (Å²) in [5.41, 5.74) is 0.384. The summed E-state index contributed by atoms with van der Waals surface area (Å²) in [7, 11) is 0. The highest BCUT2D eigenvalue weighted by molar-refractivity contribution is 6.31. The number of carbonyl (C=O) groups excluding carboxylic acids is 1. The number of carbonyl (C=O) groups is 1. The largest absolute Gasteiger partial charge is 0.506 e. The van der Waals surface area contributed by atoms with Crippen LogP contribution in [0, 0.1) is 5.92 Å². The molecule has 1 aliphatic carbocycles. The van der Waals surface area contributed by atoms with E-state index in [-0.39, 0.29) is 17.6 Å². The third-order valence-corrected chi connectivity index (χ3v) is 2.40. The molecule has 14 heavy (non-hydrogen) atoms. The van der Waals surface area contributed by atoms with Crippen molar-refractivity contribution in [1.29, 1.82) is 0 Å². The summed E-state index contributed by atoms with van der Waals surface area (Å²) in [5, 5.41) is 12.5. The van der Waals surface area contributed by atoms with Crippen molar-refractivity contribution < 1.29 is 9.90 Å². The fourth-order valence-electron chi connectivity index (χ4n) is 1.19. The van der Waals surface area contributed by atoms with Gasteiger partial charge in [-0.15, -0.1) is 0 Å². The molecule has 0 aromatic heterocycles. The first-order valence-electron chi connectivity index (χ1n) is 4.46. The van der Waals surface area contributed by atoms with Gasteiger partial charge < -0.3 is 10.4 Å². The standard InChI is InChI=1S/C10H10ClNO2/c11-7-3-4-9(13)8(5-7)12-10(14)6-1-2-6/h3-6,13H,1-2H2,(H,12,14). The van der Waals surface area contributed by atoms with Crippen LogP contribution in [0.5, 0.6) is 5.75 Å². The van der Waals surface area contributed by atoms with Crippen molar-refractivity contribution in [3.05, 3.63) is 23.2 Å². The molecule has 0 spiro atoms. The second kappa shape index (κ2) is 3.50. The van der Waals surface area contributed by atoms with Gasteiger partial charge in [0.05, 0.1) is 5.69 Å². The first-order chi connectivity index (χ1) is 6.66. The maximum absolute atomic E-state index is 11.4. The lowest BCUT2D eigenvalue weighted by Crippen LogP contribution is -2.13. The predicted octanol–water partition coefficient (Wildman–Crippen LogP) is 2.39. The van der Waals surface area contributed by atoms with E-state index in [9.17, 15) is 9.90 Å². The Balaban J connectivity index is 2.14. The molecule has 0 heterocycles. The Labute approximate surface area is 86.7 Å². The minimum absolute atomic E-state index is 0.0393. The van der Waals surface area contributed by atoms with Crippen LogP contribution < -0.4 is 5.32 Å². The van der Waals surface area contributed by atoms with Crippen molar-refractivity contribution in [2.24, 2.45) is 5.92 Å². The Bertz CT molecular complexity index is 374. The molecular weight excluding hydrogens is 202 g/mol. The highest BCUT2D eigenvalue weighted by Gasteiger charge is 2.29. The lowest BCUT2D eigenvalue weighted by atomic mass is 10.2. The third kappa shape index (κ3) is 1.99. The molecule has 3 nitrogen and oxygen atoms in total. The minimum Gasteiger partial charge on any atom is -0.506 e. The van der Waals surface area contributed by atoms with Gasteiger partial charge in [-0.05, 0) is 31.0 Å². The van der Waals surface area contributed by atoms with Crippen molar-refractivity contribution in [1.82, 2.24) is 0 Å². The zero-order valence-corrected chi connectivity index (χ0v) is 8.21. The number of phenols is 1. The summed E-state index contributed by atoms with van der Waals surface area (Å²) in [5.74, 6) is 0.124. The molecule has 0 radical (unpaired) electrons. The number of aromatic hydroxyl groups is 1. The number of hydrogen-bond donors (Lipinski definition) is 2. The Kier molecular flexibility index (Phi) is 2.33. The quantitative estimate of drug-likeness (QED) is 0.738. The minimum atomic E-state index is -0.0393. The van der Waals surface area contributed by atoms with Crippen LogP contribution in [0.15, 0.2) is 18.2 Å². The molecule has 2 rings (SSSR count). The SMILES string of the molecule is O=C(Nc1cc(Cl)ccc1O)C1CC1. The molecule has 1 fully saturated rings. The molecule has 0 atom stereocenters. The van der Waals surface area contributed by atoms with E-state index in [2.05, 4.69) is 5.32 Å². The number of phenolic OH excluding ortho intramolecular Hbond substituents is 1. The molecule has 74 valence electrons. The highest BCUT2D eigenvalue weighted by atomic mass is 35.5. The number of anilines is 1. The van der Waals surface area contributed by atoms with Crippen molar-refractivity contribution in [3.8, 4) is 5.75 Å². The fraction of sp³-hybridized carbons (Fsp3) is 0.300. The van der Waals surface area contributed by atoms with Gasteiger partial charge in [0.1, 0.15) is 5.75 Å². The highest BCUT2D eigenvalue weighted by Crippen LogP contribution is 2.32. The van der Waals surface area contributed by atoms with E-state index in [1.54, 1.807) is 6.07 Å². The summed E-state index contributed by atoms with van der Waals surface area (Å²) in [6, 6.07) is 4.58. The Morgan fingerprint density at radius 1 is 1.50 bits per heavy atom. The fourth-order valence-corrected chi connectivity index (χ4v) is 1.36. The maximum atomic E-state index is 11.4. The summed E-state index contributed by atoms with van der Waals surface area (Å²) in [6.45, 7) is 0. The molecule has 0 bridgehead atoms. The van der Waals surface area contributed by atoms with Crippen molar-refractivity contribution in [3.63, 3.8) is 0 Å². The first-order valence-corrected chi connectivity index (χ1v) is 4.84. The predicted molar refractivity (Wildman–Crippen MR) is 54.5 cm³/mol. The normalized spacial score (nSPS) is 15.2. The van der Waals surface area contributed by atoms with E-state index < -0.39 is 0 Å². The van der Waals surface area contributed by atoms with Crippen molar-refractivity contribution in [2.45, 2.75) is 12.8 Å². The summed E-state index contributed by atoms with van der Waals surface area (Å²) in [4.78, 5) is 11.4. The summed E-state index contributed by atoms with van der Waals surface area (Å²) >= 11 is 5.73. The van der Waals surface area contributed by atoms with Crippen LogP contribution in [0.2, 0.25) is 5.02 Å². The first kappa shape index (κ1) is 9.34. The summed E-state index contributed by atoms with van der Waals surface area (Å²) in [6.07, 6.45) is 1.88. The molecular formula is C10H10ClNO2. The Morgan fingerprint density at radius 3 is 2.86 bits per heavy atom. The van der Waals surface area contributed by atoms with Gasteiger partial charge in [-0.3, -0.25) is 4.79 Å². The van der Waals surface area contributed by atoms with Gasteiger partial charge in [0.25, 0.3) is 0 Å². The van der Waals surface area contributed by atoms with Gasteiger partial charge >= 0.3 is 0 Å². The zero-order valence-electron chi connectivity index (χ0n) is 7.46. The molecule has 2 N–H and O–H groups in total. The van der Waals surface area contributed by atoms with Crippen molar-refractivity contribution in [2.75, 3.05) is 5.32 Å². The molecule has 0 unspecified atom stereocenters. The molecule has 0 saturated heterocycles. The van der Waals surface area contributed by atoms with Crippen LogP contribution in [0.1, 0.15) is 12.8 Å². The maximum Gasteiger partial charge on any atom is 0.227 e. The number of halogens is 1. The number of benzene rings is 1. The van der Waals surface area contributed by atoms with Crippen LogP contribution in [0.3, 0.4) is 0 Å². The second-order valence-electron chi connectivity index (χ2n) is 3.42. The van der Waals surface area contributed by atoms with E-state index in [0.29, 0.717) is 10.7 Å². The zero-order chi connectivity index (χ0) is 10.1. The van der Waals surface area contributed by atoms with Gasteiger partial charge in [-0.1, -0.05) is 11.6 Å². The van der Waals surface area contributed by atoms with Gasteiger partial charge in [0, 0.05) is 10.9 Å². The topological polar surface area (TPSA) is 49.3 Å². The molecule has 1 aromatic carbocycles. The average Bonchev–Trinajstić information content (AvgIpc) is 2.94. The van der Waals surface area contributed by atoms with Gasteiger partial charge in [0.2, 0.25) is 5.91 Å². The van der Waals surface area contributed by atoms with E-state index in [1.807, 2.05) is 0 Å². The van der Waals surface area contributed by atoms with Gasteiger partial charge in [-0.25, -0.2) is 0 Å². The van der Waals surface area contributed by atoms with E-state index >= 15 is 0 Å². The van der Waals surface area contributed by atoms with E-state index in [1.165, 1.54) is 12.1 Å². The van der Waals surface area contributed by atoms with Crippen LogP contribution in [0.4, 0.5) is 5.69 Å². The van der Waals surface area contributed by atoms with Gasteiger partial charge in [-0.2, -0.15) is 0 Å².